The molecule has 0 N–H and O–H groups in total. The van der Waals surface area contributed by atoms with E-state index in [9.17, 15) is 0 Å². The van der Waals surface area contributed by atoms with Gasteiger partial charge >= 0.3 is 0 Å². The molecule has 1 heterocycles. The highest BCUT2D eigenvalue weighted by Crippen LogP contribution is 2.28. The Bertz CT molecular complexity index is 815. The zero-order valence-electron chi connectivity index (χ0n) is 14.2. The lowest BCUT2D eigenvalue weighted by molar-refractivity contribution is 0.411. The van der Waals surface area contributed by atoms with Crippen molar-refractivity contribution in [3.8, 4) is 5.75 Å². The lowest BCUT2D eigenvalue weighted by Crippen LogP contribution is -2.04. The zero-order valence-corrected chi connectivity index (χ0v) is 15.0. The number of hydrogen-bond donors (Lipinski definition) is 0. The molecule has 0 bridgehead atoms. The zero-order chi connectivity index (χ0) is 16.9. The van der Waals surface area contributed by atoms with Crippen molar-refractivity contribution in [3.05, 3.63) is 71.0 Å². The van der Waals surface area contributed by atoms with Gasteiger partial charge in [-0.05, 0) is 25.5 Å². The Morgan fingerprint density at radius 3 is 2.58 bits per heavy atom. The summed E-state index contributed by atoms with van der Waals surface area (Å²) in [7, 11) is 1.71. The van der Waals surface area contributed by atoms with Crippen LogP contribution in [0.15, 0.2) is 53.7 Å². The maximum atomic E-state index is 5.46. The number of methoxy groups -OCH3 is 1. The number of ether oxygens (including phenoxy) is 1. The second kappa shape index (κ2) is 7.53. The molecule has 2 aromatic carbocycles. The van der Waals surface area contributed by atoms with Crippen LogP contribution in [0.1, 0.15) is 22.5 Å². The Morgan fingerprint density at radius 1 is 1.04 bits per heavy atom. The summed E-state index contributed by atoms with van der Waals surface area (Å²) < 4.78 is 7.62. The first-order chi connectivity index (χ1) is 11.7. The SMILES string of the molecule is COc1ccc(C)cc1CSc1nnc(C)n1Cc1ccccc1. The third-order valence-electron chi connectivity index (χ3n) is 3.88. The molecular weight excluding hydrogens is 318 g/mol. The average Bonchev–Trinajstić information content (AvgIpc) is 2.94. The van der Waals surface area contributed by atoms with Crippen molar-refractivity contribution in [1.29, 1.82) is 0 Å². The molecule has 0 saturated carbocycles. The van der Waals surface area contributed by atoms with E-state index < -0.39 is 0 Å². The molecule has 4 nitrogen and oxygen atoms in total. The largest absolute Gasteiger partial charge is 0.496 e. The number of aryl methyl sites for hydroxylation is 2. The fourth-order valence-electron chi connectivity index (χ4n) is 2.58. The summed E-state index contributed by atoms with van der Waals surface area (Å²) in [6, 6.07) is 16.6. The second-order valence-electron chi connectivity index (χ2n) is 5.71. The van der Waals surface area contributed by atoms with Gasteiger partial charge in [0.1, 0.15) is 11.6 Å². The van der Waals surface area contributed by atoms with Gasteiger partial charge in [-0.1, -0.05) is 59.8 Å². The van der Waals surface area contributed by atoms with Crippen molar-refractivity contribution in [1.82, 2.24) is 14.8 Å². The number of nitrogens with zero attached hydrogens (tertiary/aromatic N) is 3. The Morgan fingerprint density at radius 2 is 1.83 bits per heavy atom. The topological polar surface area (TPSA) is 39.9 Å². The lowest BCUT2D eigenvalue weighted by Gasteiger charge is -2.11. The van der Waals surface area contributed by atoms with Crippen molar-refractivity contribution < 1.29 is 4.74 Å². The molecule has 0 atom stereocenters. The second-order valence-corrected chi connectivity index (χ2v) is 6.65. The van der Waals surface area contributed by atoms with E-state index in [0.29, 0.717) is 0 Å². The van der Waals surface area contributed by atoms with Gasteiger partial charge < -0.3 is 9.30 Å². The molecule has 0 amide bonds. The number of thioether (sulfide) groups is 1. The fourth-order valence-corrected chi connectivity index (χ4v) is 3.54. The molecule has 0 unspecified atom stereocenters. The molecule has 0 radical (unpaired) electrons. The molecule has 1 aromatic heterocycles. The van der Waals surface area contributed by atoms with Crippen LogP contribution in [-0.4, -0.2) is 21.9 Å². The Balaban J connectivity index is 1.78. The maximum Gasteiger partial charge on any atom is 0.191 e. The van der Waals surface area contributed by atoms with Crippen LogP contribution in [0.3, 0.4) is 0 Å². The van der Waals surface area contributed by atoms with Gasteiger partial charge in [-0.3, -0.25) is 0 Å². The van der Waals surface area contributed by atoms with E-state index in [0.717, 1.165) is 29.0 Å². The van der Waals surface area contributed by atoms with Gasteiger partial charge in [-0.15, -0.1) is 10.2 Å². The van der Waals surface area contributed by atoms with Gasteiger partial charge in [0.15, 0.2) is 5.16 Å². The van der Waals surface area contributed by atoms with Crippen LogP contribution in [0.25, 0.3) is 0 Å². The van der Waals surface area contributed by atoms with Crippen LogP contribution in [0, 0.1) is 13.8 Å². The summed E-state index contributed by atoms with van der Waals surface area (Å²) in [6.07, 6.45) is 0. The van der Waals surface area contributed by atoms with Crippen molar-refractivity contribution in [2.45, 2.75) is 31.3 Å². The van der Waals surface area contributed by atoms with Crippen molar-refractivity contribution in [2.24, 2.45) is 0 Å². The third-order valence-corrected chi connectivity index (χ3v) is 4.89. The molecule has 124 valence electrons. The van der Waals surface area contributed by atoms with Crippen molar-refractivity contribution in [2.75, 3.05) is 7.11 Å². The third kappa shape index (κ3) is 3.79. The Kier molecular flexibility index (Phi) is 5.20. The summed E-state index contributed by atoms with van der Waals surface area (Å²) in [5, 5.41) is 9.52. The van der Waals surface area contributed by atoms with Gasteiger partial charge in [0.25, 0.3) is 0 Å². The van der Waals surface area contributed by atoms with Gasteiger partial charge in [0.2, 0.25) is 0 Å². The quantitative estimate of drug-likeness (QED) is 0.630. The van der Waals surface area contributed by atoms with Crippen LogP contribution < -0.4 is 4.74 Å². The molecular formula is C19H21N3OS. The van der Waals surface area contributed by atoms with Gasteiger partial charge in [-0.25, -0.2) is 0 Å². The predicted octanol–water partition coefficient (Wildman–Crippen LogP) is 4.24. The Hall–Kier alpha value is -2.27. The van der Waals surface area contributed by atoms with Crippen LogP contribution in [0.5, 0.6) is 5.75 Å². The normalized spacial score (nSPS) is 10.8. The highest BCUT2D eigenvalue weighted by molar-refractivity contribution is 7.98. The van der Waals surface area contributed by atoms with Crippen LogP contribution in [0.4, 0.5) is 0 Å². The minimum Gasteiger partial charge on any atom is -0.496 e. The standard InChI is InChI=1S/C19H21N3OS/c1-14-9-10-18(23-3)17(11-14)13-24-19-21-20-15(2)22(19)12-16-7-5-4-6-8-16/h4-11H,12-13H2,1-3H3. The number of hydrogen-bond acceptors (Lipinski definition) is 4. The van der Waals surface area contributed by atoms with Gasteiger partial charge in [0.05, 0.1) is 13.7 Å². The molecule has 0 aliphatic carbocycles. The molecule has 0 aliphatic rings. The molecule has 0 aliphatic heterocycles. The fraction of sp³-hybridized carbons (Fsp3) is 0.263. The van der Waals surface area contributed by atoms with Crippen LogP contribution in [0.2, 0.25) is 0 Å². The molecule has 0 saturated heterocycles. The summed E-state index contributed by atoms with van der Waals surface area (Å²) in [6.45, 7) is 4.87. The van der Waals surface area contributed by atoms with E-state index in [1.54, 1.807) is 18.9 Å². The molecule has 24 heavy (non-hydrogen) atoms. The summed E-state index contributed by atoms with van der Waals surface area (Å²) >= 11 is 1.69. The molecule has 0 fully saturated rings. The smallest absolute Gasteiger partial charge is 0.191 e. The minimum absolute atomic E-state index is 0.785. The summed E-state index contributed by atoms with van der Waals surface area (Å²) in [5.41, 5.74) is 3.65. The minimum atomic E-state index is 0.785. The van der Waals surface area contributed by atoms with E-state index in [4.69, 9.17) is 4.74 Å². The number of rotatable bonds is 6. The van der Waals surface area contributed by atoms with Crippen LogP contribution in [-0.2, 0) is 12.3 Å². The first kappa shape index (κ1) is 16.6. The van der Waals surface area contributed by atoms with Gasteiger partial charge in [-0.2, -0.15) is 0 Å². The van der Waals surface area contributed by atoms with E-state index in [1.807, 2.05) is 19.1 Å². The van der Waals surface area contributed by atoms with Crippen molar-refractivity contribution >= 4 is 11.8 Å². The summed E-state index contributed by atoms with van der Waals surface area (Å²) in [4.78, 5) is 0. The molecule has 3 aromatic rings. The number of benzene rings is 2. The van der Waals surface area contributed by atoms with E-state index in [2.05, 4.69) is 58.1 Å². The molecule has 5 heteroatoms. The number of aromatic nitrogens is 3. The monoisotopic (exact) mass is 339 g/mol. The van der Waals surface area contributed by atoms with E-state index in [-0.39, 0.29) is 0 Å². The first-order valence-electron chi connectivity index (χ1n) is 7.87. The summed E-state index contributed by atoms with van der Waals surface area (Å²) in [5.74, 6) is 2.65. The molecule has 0 spiro atoms. The van der Waals surface area contributed by atoms with E-state index >= 15 is 0 Å². The van der Waals surface area contributed by atoms with Gasteiger partial charge in [0, 0.05) is 11.3 Å². The van der Waals surface area contributed by atoms with Crippen molar-refractivity contribution in [3.63, 3.8) is 0 Å². The average molecular weight is 339 g/mol. The highest BCUT2D eigenvalue weighted by Gasteiger charge is 2.12. The lowest BCUT2D eigenvalue weighted by atomic mass is 10.1. The van der Waals surface area contributed by atoms with Crippen LogP contribution >= 0.6 is 11.8 Å². The molecule has 3 rings (SSSR count). The van der Waals surface area contributed by atoms with E-state index in [1.165, 1.54) is 16.7 Å². The highest BCUT2D eigenvalue weighted by atomic mass is 32.2. The first-order valence-corrected chi connectivity index (χ1v) is 8.86. The Labute approximate surface area is 146 Å². The maximum absolute atomic E-state index is 5.46. The predicted molar refractivity (Wildman–Crippen MR) is 97.6 cm³/mol.